The maximum Gasteiger partial charge on any atom is 0.258 e. The van der Waals surface area contributed by atoms with Gasteiger partial charge >= 0.3 is 0 Å². The Bertz CT molecular complexity index is 1050. The Kier molecular flexibility index (Phi) is 6.53. The van der Waals surface area contributed by atoms with E-state index in [1.54, 1.807) is 24.3 Å². The lowest BCUT2D eigenvalue weighted by atomic mass is 10.1. The van der Waals surface area contributed by atoms with Crippen molar-refractivity contribution in [2.75, 3.05) is 25.1 Å². The van der Waals surface area contributed by atoms with Crippen LogP contribution in [0.15, 0.2) is 30.5 Å². The zero-order valence-electron chi connectivity index (χ0n) is 16.6. The molecule has 0 unspecified atom stereocenters. The molecule has 0 radical (unpaired) electrons. The number of rotatable bonds is 6. The molecular formula is C21H23Cl2N5O2. The summed E-state index contributed by atoms with van der Waals surface area (Å²) in [7, 11) is 0. The van der Waals surface area contributed by atoms with Crippen LogP contribution in [0.1, 0.15) is 28.9 Å². The monoisotopic (exact) mass is 447 g/mol. The molecule has 1 amide bonds. The van der Waals surface area contributed by atoms with Crippen LogP contribution in [0, 0.1) is 6.92 Å². The number of amides is 1. The van der Waals surface area contributed by atoms with E-state index >= 15 is 0 Å². The highest BCUT2D eigenvalue weighted by Gasteiger charge is 2.20. The predicted molar refractivity (Wildman–Crippen MR) is 119 cm³/mol. The van der Waals surface area contributed by atoms with Crippen LogP contribution in [-0.4, -0.2) is 46.5 Å². The maximum absolute atomic E-state index is 12.7. The van der Waals surface area contributed by atoms with Crippen molar-refractivity contribution in [1.82, 2.24) is 20.1 Å². The van der Waals surface area contributed by atoms with Gasteiger partial charge in [-0.15, -0.1) is 0 Å². The van der Waals surface area contributed by atoms with Crippen molar-refractivity contribution in [3.8, 4) is 0 Å². The highest BCUT2D eigenvalue weighted by atomic mass is 35.5. The summed E-state index contributed by atoms with van der Waals surface area (Å²) >= 11 is 12.5. The topological polar surface area (TPSA) is 81.1 Å². The van der Waals surface area contributed by atoms with Crippen molar-refractivity contribution in [3.63, 3.8) is 0 Å². The van der Waals surface area contributed by atoms with Gasteiger partial charge in [0.25, 0.3) is 5.91 Å². The first-order valence-corrected chi connectivity index (χ1v) is 10.7. The number of aromatic nitrogens is 3. The van der Waals surface area contributed by atoms with Gasteiger partial charge in [0.15, 0.2) is 5.65 Å². The minimum atomic E-state index is -0.329. The Morgan fingerprint density at radius 2 is 1.97 bits per heavy atom. The van der Waals surface area contributed by atoms with Crippen LogP contribution in [0.3, 0.4) is 0 Å². The molecule has 1 saturated heterocycles. The van der Waals surface area contributed by atoms with Crippen molar-refractivity contribution >= 4 is 45.8 Å². The maximum atomic E-state index is 12.7. The second-order valence-corrected chi connectivity index (χ2v) is 8.11. The molecule has 0 atom stereocenters. The van der Waals surface area contributed by atoms with Crippen LogP contribution < -0.4 is 10.6 Å². The number of halogens is 2. The number of hydrogen-bond donors (Lipinski definition) is 2. The SMILES string of the molecule is Cc1nn(CCNC2CCOCC2)c2ncc(C(=O)Nc3ccc(Cl)cc3)c(Cl)c12. The third-order valence-electron chi connectivity index (χ3n) is 5.20. The molecule has 1 fully saturated rings. The lowest BCUT2D eigenvalue weighted by Gasteiger charge is -2.23. The number of fused-ring (bicyclic) bond motifs is 1. The van der Waals surface area contributed by atoms with E-state index < -0.39 is 0 Å². The molecule has 1 aliphatic rings. The summed E-state index contributed by atoms with van der Waals surface area (Å²) in [6, 6.07) is 7.36. The third kappa shape index (κ3) is 4.59. The summed E-state index contributed by atoms with van der Waals surface area (Å²) in [4.78, 5) is 17.2. The lowest BCUT2D eigenvalue weighted by Crippen LogP contribution is -2.36. The molecule has 0 spiro atoms. The van der Waals surface area contributed by atoms with Gasteiger partial charge in [0, 0.05) is 42.7 Å². The molecule has 9 heteroatoms. The van der Waals surface area contributed by atoms with E-state index in [0.29, 0.717) is 44.9 Å². The van der Waals surface area contributed by atoms with Crippen molar-refractivity contribution < 1.29 is 9.53 Å². The van der Waals surface area contributed by atoms with Crippen molar-refractivity contribution in [2.45, 2.75) is 32.4 Å². The van der Waals surface area contributed by atoms with E-state index in [1.807, 2.05) is 11.6 Å². The highest BCUT2D eigenvalue weighted by Crippen LogP contribution is 2.29. The number of carbonyl (C=O) groups excluding carboxylic acids is 1. The van der Waals surface area contributed by atoms with Gasteiger partial charge in [-0.25, -0.2) is 9.67 Å². The number of nitrogens with one attached hydrogen (secondary N) is 2. The third-order valence-corrected chi connectivity index (χ3v) is 5.84. The van der Waals surface area contributed by atoms with Gasteiger partial charge in [0.05, 0.1) is 28.2 Å². The van der Waals surface area contributed by atoms with Gasteiger partial charge in [-0.05, 0) is 44.0 Å². The van der Waals surface area contributed by atoms with Crippen LogP contribution in [0.2, 0.25) is 10.0 Å². The normalized spacial score (nSPS) is 14.9. The minimum absolute atomic E-state index is 0.307. The zero-order chi connectivity index (χ0) is 21.1. The fraction of sp³-hybridized carbons (Fsp3) is 0.381. The summed E-state index contributed by atoms with van der Waals surface area (Å²) in [5.74, 6) is -0.329. The van der Waals surface area contributed by atoms with E-state index in [2.05, 4.69) is 20.7 Å². The number of hydrogen-bond acceptors (Lipinski definition) is 5. The molecule has 7 nitrogen and oxygen atoms in total. The lowest BCUT2D eigenvalue weighted by molar-refractivity contribution is 0.0778. The number of benzene rings is 1. The molecule has 2 aromatic heterocycles. The van der Waals surface area contributed by atoms with E-state index in [9.17, 15) is 4.79 Å². The van der Waals surface area contributed by atoms with Crippen LogP contribution in [0.4, 0.5) is 5.69 Å². The number of anilines is 1. The largest absolute Gasteiger partial charge is 0.381 e. The van der Waals surface area contributed by atoms with Crippen LogP contribution in [-0.2, 0) is 11.3 Å². The van der Waals surface area contributed by atoms with Gasteiger partial charge in [0.1, 0.15) is 0 Å². The van der Waals surface area contributed by atoms with E-state index in [0.717, 1.165) is 38.3 Å². The Hall–Kier alpha value is -2.19. The molecule has 0 bridgehead atoms. The Labute approximate surface area is 184 Å². The number of aryl methyl sites for hydroxylation is 1. The fourth-order valence-corrected chi connectivity index (χ4v) is 4.08. The molecule has 3 heterocycles. The average molecular weight is 448 g/mol. The molecule has 0 aliphatic carbocycles. The molecular weight excluding hydrogens is 425 g/mol. The second kappa shape index (κ2) is 9.31. The quantitative estimate of drug-likeness (QED) is 0.595. The van der Waals surface area contributed by atoms with Crippen LogP contribution >= 0.6 is 23.2 Å². The first kappa shape index (κ1) is 21.1. The van der Waals surface area contributed by atoms with E-state index in [-0.39, 0.29) is 5.91 Å². The summed E-state index contributed by atoms with van der Waals surface area (Å²) < 4.78 is 7.23. The van der Waals surface area contributed by atoms with E-state index in [4.69, 9.17) is 27.9 Å². The molecule has 4 rings (SSSR count). The van der Waals surface area contributed by atoms with Gasteiger partial charge in [-0.3, -0.25) is 4.79 Å². The Morgan fingerprint density at radius 3 is 2.70 bits per heavy atom. The predicted octanol–water partition coefficient (Wildman–Crippen LogP) is 4.07. The fourth-order valence-electron chi connectivity index (χ4n) is 3.60. The molecule has 0 saturated carbocycles. The van der Waals surface area contributed by atoms with Gasteiger partial charge in [-0.1, -0.05) is 23.2 Å². The standard InChI is InChI=1S/C21H23Cl2N5O2/c1-13-18-19(23)17(21(29)26-16-4-2-14(22)3-5-16)12-25-20(18)28(27-13)9-8-24-15-6-10-30-11-7-15/h2-5,12,15,24H,6-11H2,1H3,(H,26,29). The second-order valence-electron chi connectivity index (χ2n) is 7.29. The molecule has 30 heavy (non-hydrogen) atoms. The molecule has 1 aliphatic heterocycles. The van der Waals surface area contributed by atoms with Crippen LogP contribution in [0.25, 0.3) is 11.0 Å². The number of carbonyl (C=O) groups is 1. The summed E-state index contributed by atoms with van der Waals surface area (Å²) in [5.41, 5.74) is 2.36. The average Bonchev–Trinajstić information content (AvgIpc) is 3.07. The van der Waals surface area contributed by atoms with Gasteiger partial charge in [-0.2, -0.15) is 5.10 Å². The summed E-state index contributed by atoms with van der Waals surface area (Å²) in [5, 5.41) is 12.6. The zero-order valence-corrected chi connectivity index (χ0v) is 18.1. The van der Waals surface area contributed by atoms with Crippen molar-refractivity contribution in [1.29, 1.82) is 0 Å². The van der Waals surface area contributed by atoms with Crippen LogP contribution in [0.5, 0.6) is 0 Å². The summed E-state index contributed by atoms with van der Waals surface area (Å²) in [6.45, 7) is 4.93. The highest BCUT2D eigenvalue weighted by molar-refractivity contribution is 6.39. The molecule has 2 N–H and O–H groups in total. The van der Waals surface area contributed by atoms with Gasteiger partial charge in [0.2, 0.25) is 0 Å². The first-order chi connectivity index (χ1) is 14.5. The van der Waals surface area contributed by atoms with Gasteiger partial charge < -0.3 is 15.4 Å². The molecule has 1 aromatic carbocycles. The Morgan fingerprint density at radius 1 is 1.23 bits per heavy atom. The van der Waals surface area contributed by atoms with Crippen molar-refractivity contribution in [2.24, 2.45) is 0 Å². The summed E-state index contributed by atoms with van der Waals surface area (Å²) in [6.07, 6.45) is 3.55. The van der Waals surface area contributed by atoms with E-state index in [1.165, 1.54) is 6.20 Å². The Balaban J connectivity index is 1.50. The van der Waals surface area contributed by atoms with Crippen molar-refractivity contribution in [3.05, 3.63) is 51.8 Å². The molecule has 158 valence electrons. The number of pyridine rings is 1. The first-order valence-electron chi connectivity index (χ1n) is 9.92. The minimum Gasteiger partial charge on any atom is -0.381 e. The number of ether oxygens (including phenoxy) is 1. The molecule has 3 aromatic rings. The smallest absolute Gasteiger partial charge is 0.258 e. The number of nitrogens with zero attached hydrogens (tertiary/aromatic N) is 3.